The SMILES string of the molecule is Cl.OC1CC2CNCC2CC1O. The lowest BCUT2D eigenvalue weighted by Gasteiger charge is -2.32. The highest BCUT2D eigenvalue weighted by atomic mass is 35.5. The Bertz CT molecular complexity index is 140. The molecule has 0 bridgehead atoms. The van der Waals surface area contributed by atoms with Gasteiger partial charge in [-0.2, -0.15) is 0 Å². The maximum Gasteiger partial charge on any atom is 0.0802 e. The van der Waals surface area contributed by atoms with Crippen molar-refractivity contribution in [1.82, 2.24) is 5.32 Å². The van der Waals surface area contributed by atoms with Crippen LogP contribution in [0.3, 0.4) is 0 Å². The summed E-state index contributed by atoms with van der Waals surface area (Å²) in [6.07, 6.45) is 0.602. The van der Waals surface area contributed by atoms with Gasteiger partial charge in [-0.3, -0.25) is 0 Å². The van der Waals surface area contributed by atoms with E-state index in [0.29, 0.717) is 11.8 Å². The second-order valence-corrected chi connectivity index (χ2v) is 3.78. The zero-order chi connectivity index (χ0) is 7.84. The molecule has 2 aliphatic rings. The van der Waals surface area contributed by atoms with Gasteiger partial charge >= 0.3 is 0 Å². The quantitative estimate of drug-likeness (QED) is 0.498. The van der Waals surface area contributed by atoms with Crippen molar-refractivity contribution in [3.05, 3.63) is 0 Å². The standard InChI is InChI=1S/C8H15NO2.ClH/c10-7-1-5-3-9-4-6(5)2-8(7)11;/h5-11H,1-4H2;1H. The molecule has 1 aliphatic heterocycles. The molecular formula is C8H16ClNO2. The van der Waals surface area contributed by atoms with Crippen LogP contribution in [0.1, 0.15) is 12.8 Å². The fourth-order valence-corrected chi connectivity index (χ4v) is 2.27. The minimum absolute atomic E-state index is 0. The maximum atomic E-state index is 9.35. The monoisotopic (exact) mass is 193 g/mol. The first-order valence-corrected chi connectivity index (χ1v) is 4.34. The van der Waals surface area contributed by atoms with Gasteiger partial charge in [0.1, 0.15) is 0 Å². The molecule has 4 unspecified atom stereocenters. The van der Waals surface area contributed by atoms with Gasteiger partial charge in [0.05, 0.1) is 12.2 Å². The van der Waals surface area contributed by atoms with E-state index in [1.165, 1.54) is 0 Å². The molecule has 1 saturated carbocycles. The van der Waals surface area contributed by atoms with E-state index in [1.807, 2.05) is 0 Å². The van der Waals surface area contributed by atoms with Crippen molar-refractivity contribution < 1.29 is 10.2 Å². The fourth-order valence-electron chi connectivity index (χ4n) is 2.27. The number of nitrogens with one attached hydrogen (secondary N) is 1. The Morgan fingerprint density at radius 1 is 0.917 bits per heavy atom. The van der Waals surface area contributed by atoms with Gasteiger partial charge in [0.2, 0.25) is 0 Å². The highest BCUT2D eigenvalue weighted by Gasteiger charge is 2.37. The van der Waals surface area contributed by atoms with Crippen molar-refractivity contribution >= 4 is 12.4 Å². The molecule has 1 aliphatic carbocycles. The number of aliphatic hydroxyl groups is 2. The van der Waals surface area contributed by atoms with Crippen molar-refractivity contribution in [3.63, 3.8) is 0 Å². The van der Waals surface area contributed by atoms with Gasteiger partial charge in [0, 0.05) is 0 Å². The number of aliphatic hydroxyl groups excluding tert-OH is 2. The molecule has 0 aromatic heterocycles. The highest BCUT2D eigenvalue weighted by molar-refractivity contribution is 5.85. The second-order valence-electron chi connectivity index (χ2n) is 3.78. The maximum absolute atomic E-state index is 9.35. The smallest absolute Gasteiger partial charge is 0.0802 e. The Hall–Kier alpha value is 0.170. The van der Waals surface area contributed by atoms with Crippen LogP contribution in [0.15, 0.2) is 0 Å². The van der Waals surface area contributed by atoms with E-state index in [0.717, 1.165) is 25.9 Å². The largest absolute Gasteiger partial charge is 0.390 e. The van der Waals surface area contributed by atoms with Crippen LogP contribution in [0.25, 0.3) is 0 Å². The number of rotatable bonds is 0. The Morgan fingerprint density at radius 2 is 1.33 bits per heavy atom. The first-order valence-electron chi connectivity index (χ1n) is 4.34. The zero-order valence-electron chi connectivity index (χ0n) is 6.94. The van der Waals surface area contributed by atoms with Crippen LogP contribution in [-0.2, 0) is 0 Å². The van der Waals surface area contributed by atoms with Crippen LogP contribution in [0.4, 0.5) is 0 Å². The van der Waals surface area contributed by atoms with Crippen LogP contribution in [-0.4, -0.2) is 35.5 Å². The summed E-state index contributed by atoms with van der Waals surface area (Å²) in [7, 11) is 0. The summed E-state index contributed by atoms with van der Waals surface area (Å²) < 4.78 is 0. The average Bonchev–Trinajstić information content (AvgIpc) is 2.36. The molecule has 12 heavy (non-hydrogen) atoms. The van der Waals surface area contributed by atoms with Gasteiger partial charge in [0.25, 0.3) is 0 Å². The Labute approximate surface area is 78.6 Å². The minimum atomic E-state index is -0.476. The van der Waals surface area contributed by atoms with E-state index in [4.69, 9.17) is 0 Å². The predicted octanol–water partition coefficient (Wildman–Crippen LogP) is -0.241. The average molecular weight is 194 g/mol. The summed E-state index contributed by atoms with van der Waals surface area (Å²) in [6, 6.07) is 0. The second kappa shape index (κ2) is 3.92. The molecule has 0 aromatic carbocycles. The summed E-state index contributed by atoms with van der Waals surface area (Å²) in [5, 5.41) is 22.0. The molecule has 0 aromatic rings. The van der Waals surface area contributed by atoms with Gasteiger partial charge in [-0.1, -0.05) is 0 Å². The van der Waals surface area contributed by atoms with Crippen molar-refractivity contribution in [1.29, 1.82) is 0 Å². The molecule has 0 radical (unpaired) electrons. The molecule has 2 rings (SSSR count). The first kappa shape index (κ1) is 10.3. The topological polar surface area (TPSA) is 52.5 Å². The summed E-state index contributed by atoms with van der Waals surface area (Å²) >= 11 is 0. The van der Waals surface area contributed by atoms with Crippen LogP contribution in [0.2, 0.25) is 0 Å². The van der Waals surface area contributed by atoms with Crippen molar-refractivity contribution in [2.75, 3.05) is 13.1 Å². The molecule has 1 heterocycles. The van der Waals surface area contributed by atoms with E-state index in [9.17, 15) is 10.2 Å². The molecule has 3 N–H and O–H groups in total. The molecular weight excluding hydrogens is 178 g/mol. The summed E-state index contributed by atoms with van der Waals surface area (Å²) in [5.41, 5.74) is 0. The van der Waals surface area contributed by atoms with Crippen LogP contribution >= 0.6 is 12.4 Å². The lowest BCUT2D eigenvalue weighted by atomic mass is 9.79. The summed E-state index contributed by atoms with van der Waals surface area (Å²) in [5.74, 6) is 1.21. The van der Waals surface area contributed by atoms with E-state index < -0.39 is 12.2 Å². The zero-order valence-corrected chi connectivity index (χ0v) is 7.76. The minimum Gasteiger partial charge on any atom is -0.390 e. The Balaban J connectivity index is 0.000000720. The number of halogens is 1. The summed E-state index contributed by atoms with van der Waals surface area (Å²) in [4.78, 5) is 0. The third-order valence-corrected chi connectivity index (χ3v) is 3.01. The number of hydrogen-bond donors (Lipinski definition) is 3. The van der Waals surface area contributed by atoms with Gasteiger partial charge in [-0.15, -0.1) is 12.4 Å². The first-order chi connectivity index (χ1) is 5.27. The molecule has 0 spiro atoms. The van der Waals surface area contributed by atoms with Gasteiger partial charge in [0.15, 0.2) is 0 Å². The molecule has 3 nitrogen and oxygen atoms in total. The lowest BCUT2D eigenvalue weighted by Crippen LogP contribution is -2.38. The normalized spacial score (nSPS) is 46.5. The van der Waals surface area contributed by atoms with E-state index in [2.05, 4.69) is 5.32 Å². The highest BCUT2D eigenvalue weighted by Crippen LogP contribution is 2.32. The third kappa shape index (κ3) is 1.74. The van der Waals surface area contributed by atoms with Crippen molar-refractivity contribution in [2.45, 2.75) is 25.0 Å². The van der Waals surface area contributed by atoms with Gasteiger partial charge < -0.3 is 15.5 Å². The third-order valence-electron chi connectivity index (χ3n) is 3.01. The van der Waals surface area contributed by atoms with Crippen LogP contribution in [0, 0.1) is 11.8 Å². The predicted molar refractivity (Wildman–Crippen MR) is 48.3 cm³/mol. The van der Waals surface area contributed by atoms with Crippen molar-refractivity contribution in [2.24, 2.45) is 11.8 Å². The van der Waals surface area contributed by atoms with Gasteiger partial charge in [-0.05, 0) is 37.8 Å². The number of fused-ring (bicyclic) bond motifs is 1. The molecule has 4 heteroatoms. The Kier molecular flexibility index (Phi) is 3.35. The van der Waals surface area contributed by atoms with Gasteiger partial charge in [-0.25, -0.2) is 0 Å². The molecule has 2 fully saturated rings. The number of hydrogen-bond acceptors (Lipinski definition) is 3. The van der Waals surface area contributed by atoms with E-state index >= 15 is 0 Å². The Morgan fingerprint density at radius 3 is 1.75 bits per heavy atom. The lowest BCUT2D eigenvalue weighted by molar-refractivity contribution is -0.0372. The van der Waals surface area contributed by atoms with Crippen molar-refractivity contribution in [3.8, 4) is 0 Å². The van der Waals surface area contributed by atoms with E-state index in [-0.39, 0.29) is 12.4 Å². The van der Waals surface area contributed by atoms with Crippen LogP contribution < -0.4 is 5.32 Å². The molecule has 0 amide bonds. The summed E-state index contributed by atoms with van der Waals surface area (Å²) in [6.45, 7) is 2.04. The fraction of sp³-hybridized carbons (Fsp3) is 1.00. The molecule has 1 saturated heterocycles. The molecule has 72 valence electrons. The molecule has 4 atom stereocenters. The van der Waals surface area contributed by atoms with Crippen LogP contribution in [0.5, 0.6) is 0 Å². The van der Waals surface area contributed by atoms with E-state index in [1.54, 1.807) is 0 Å².